The Bertz CT molecular complexity index is 954. The summed E-state index contributed by atoms with van der Waals surface area (Å²) in [6.45, 7) is 0.520. The Kier molecular flexibility index (Phi) is 3.24. The van der Waals surface area contributed by atoms with E-state index in [1.807, 2.05) is 48.8 Å². The van der Waals surface area contributed by atoms with E-state index >= 15 is 0 Å². The molecule has 0 atom stereocenters. The maximum atomic E-state index is 12.0. The van der Waals surface area contributed by atoms with Gasteiger partial charge in [0.1, 0.15) is 6.54 Å². The van der Waals surface area contributed by atoms with E-state index in [-0.39, 0.29) is 12.3 Å². The number of fused-ring (bicyclic) bond motifs is 2. The second kappa shape index (κ2) is 5.41. The van der Waals surface area contributed by atoms with Crippen LogP contribution in [-0.2, 0) is 0 Å². The van der Waals surface area contributed by atoms with Gasteiger partial charge in [-0.2, -0.15) is 0 Å². The van der Waals surface area contributed by atoms with Crippen LogP contribution in [-0.4, -0.2) is 29.6 Å². The minimum absolute atomic E-state index is 0.0415. The van der Waals surface area contributed by atoms with Crippen molar-refractivity contribution in [3.05, 3.63) is 66.0 Å². The second-order valence-electron chi connectivity index (χ2n) is 5.56. The number of benzene rings is 2. The first-order valence-corrected chi connectivity index (χ1v) is 7.52. The minimum Gasteiger partial charge on any atom is -0.325 e. The van der Waals surface area contributed by atoms with Gasteiger partial charge in [0.25, 0.3) is 0 Å². The van der Waals surface area contributed by atoms with Crippen molar-refractivity contribution in [2.75, 3.05) is 13.1 Å². The van der Waals surface area contributed by atoms with Gasteiger partial charge in [-0.25, -0.2) is 0 Å². The fourth-order valence-electron chi connectivity index (χ4n) is 3.05. The van der Waals surface area contributed by atoms with E-state index in [0.29, 0.717) is 12.1 Å². The van der Waals surface area contributed by atoms with Crippen LogP contribution in [0, 0.1) is 0 Å². The van der Waals surface area contributed by atoms with Gasteiger partial charge >= 0.3 is 0 Å². The topological polar surface area (TPSA) is 68.3 Å². The van der Waals surface area contributed by atoms with Gasteiger partial charge in [0.2, 0.25) is 0 Å². The molecule has 0 saturated carbocycles. The summed E-state index contributed by atoms with van der Waals surface area (Å²) in [5.74, 6) is 0.0415. The van der Waals surface area contributed by atoms with E-state index in [0.717, 1.165) is 33.2 Å². The third-order valence-electron chi connectivity index (χ3n) is 4.22. The Balaban J connectivity index is 1.94. The highest BCUT2D eigenvalue weighted by Crippen LogP contribution is 2.30. The fraction of sp³-hybridized carbons (Fsp3) is 0.105. The number of aromatic nitrogens is 1. The number of hydrogen-bond acceptors (Lipinski definition) is 4. The molecule has 2 aromatic carbocycles. The Morgan fingerprint density at radius 3 is 2.74 bits per heavy atom. The van der Waals surface area contributed by atoms with Crippen molar-refractivity contribution in [3.63, 3.8) is 0 Å². The molecule has 0 aliphatic carbocycles. The molecule has 0 amide bonds. The molecule has 23 heavy (non-hydrogen) atoms. The summed E-state index contributed by atoms with van der Waals surface area (Å²) in [6.07, 6.45) is 3.71. The van der Waals surface area contributed by atoms with Crippen molar-refractivity contribution in [2.24, 2.45) is 10.7 Å². The zero-order chi connectivity index (χ0) is 15.8. The van der Waals surface area contributed by atoms with Crippen LogP contribution in [0.15, 0.2) is 59.9 Å². The fourth-order valence-corrected chi connectivity index (χ4v) is 3.05. The van der Waals surface area contributed by atoms with E-state index in [4.69, 9.17) is 5.73 Å². The molecule has 0 saturated heterocycles. The molecule has 2 N–H and O–H groups in total. The highest BCUT2D eigenvalue weighted by molar-refractivity contribution is 6.16. The van der Waals surface area contributed by atoms with Crippen molar-refractivity contribution >= 4 is 22.3 Å². The molecule has 0 fully saturated rings. The number of rotatable bonds is 2. The molecule has 0 radical (unpaired) electrons. The third kappa shape index (κ3) is 2.24. The summed E-state index contributed by atoms with van der Waals surface area (Å²) in [4.78, 5) is 20.7. The Hall–Kier alpha value is -2.85. The molecule has 0 bridgehead atoms. The summed E-state index contributed by atoms with van der Waals surface area (Å²) in [7, 11) is 0. The maximum Gasteiger partial charge on any atom is 0.184 e. The van der Waals surface area contributed by atoms with Gasteiger partial charge in [0, 0.05) is 41.0 Å². The highest BCUT2D eigenvalue weighted by Gasteiger charge is 2.20. The molecule has 1 aliphatic heterocycles. The number of hydrogen-bond donors (Lipinski definition) is 1. The van der Waals surface area contributed by atoms with Crippen LogP contribution in [0.3, 0.4) is 0 Å². The average Bonchev–Trinajstić information content (AvgIpc) is 2.61. The lowest BCUT2D eigenvalue weighted by Crippen LogP contribution is -2.24. The van der Waals surface area contributed by atoms with Gasteiger partial charge < -0.3 is 5.73 Å². The van der Waals surface area contributed by atoms with E-state index in [1.54, 1.807) is 0 Å². The predicted octanol–water partition coefficient (Wildman–Crippen LogP) is 2.85. The summed E-state index contributed by atoms with van der Waals surface area (Å²) in [6, 6.07) is 14.0. The van der Waals surface area contributed by atoms with Crippen LogP contribution in [0.2, 0.25) is 0 Å². The van der Waals surface area contributed by atoms with Gasteiger partial charge in [-0.15, -0.1) is 0 Å². The number of carbonyl (C=O) groups is 1. The number of nitrogens with two attached hydrogens (primary N) is 1. The van der Waals surface area contributed by atoms with Crippen molar-refractivity contribution in [1.82, 2.24) is 4.98 Å². The molecular weight excluding hydrogens is 286 g/mol. The van der Waals surface area contributed by atoms with Crippen molar-refractivity contribution in [3.8, 4) is 11.1 Å². The van der Waals surface area contributed by atoms with Crippen LogP contribution >= 0.6 is 0 Å². The summed E-state index contributed by atoms with van der Waals surface area (Å²) in [5.41, 5.74) is 10.2. The SMILES string of the molecule is NCC1=NCC(=O)c2ccc(-c3cncc4ccccc34)cc21. The van der Waals surface area contributed by atoms with E-state index in [2.05, 4.69) is 16.0 Å². The van der Waals surface area contributed by atoms with Gasteiger partial charge in [-0.05, 0) is 17.0 Å². The molecule has 4 rings (SSSR count). The predicted molar refractivity (Wildman–Crippen MR) is 92.0 cm³/mol. The van der Waals surface area contributed by atoms with Crippen LogP contribution in [0.25, 0.3) is 21.9 Å². The summed E-state index contributed by atoms with van der Waals surface area (Å²) >= 11 is 0. The van der Waals surface area contributed by atoms with Crippen LogP contribution < -0.4 is 5.73 Å². The highest BCUT2D eigenvalue weighted by atomic mass is 16.1. The van der Waals surface area contributed by atoms with Gasteiger partial charge in [0.05, 0.1) is 5.71 Å². The van der Waals surface area contributed by atoms with Gasteiger partial charge in [0.15, 0.2) is 5.78 Å². The quantitative estimate of drug-likeness (QED) is 0.791. The largest absolute Gasteiger partial charge is 0.325 e. The first-order valence-electron chi connectivity index (χ1n) is 7.52. The van der Waals surface area contributed by atoms with E-state index in [9.17, 15) is 4.79 Å². The summed E-state index contributed by atoms with van der Waals surface area (Å²) < 4.78 is 0. The van der Waals surface area contributed by atoms with Crippen LogP contribution in [0.4, 0.5) is 0 Å². The standard InChI is InChI=1S/C19H15N3O/c20-8-18-16-7-12(5-6-15(16)19(23)11-22-18)17-10-21-9-13-3-1-2-4-14(13)17/h1-7,9-10H,8,11,20H2. The van der Waals surface area contributed by atoms with Crippen molar-refractivity contribution in [2.45, 2.75) is 0 Å². The lowest BCUT2D eigenvalue weighted by Gasteiger charge is -2.16. The molecule has 4 nitrogen and oxygen atoms in total. The normalized spacial score (nSPS) is 13.8. The maximum absolute atomic E-state index is 12.0. The lowest BCUT2D eigenvalue weighted by molar-refractivity contribution is 0.1000. The van der Waals surface area contributed by atoms with Crippen LogP contribution in [0.1, 0.15) is 15.9 Å². The zero-order valence-corrected chi connectivity index (χ0v) is 12.5. The molecule has 112 valence electrons. The minimum atomic E-state index is 0.0415. The zero-order valence-electron chi connectivity index (χ0n) is 12.5. The molecular formula is C19H15N3O. The molecule has 1 aromatic heterocycles. The number of Topliss-reactive ketones (excluding diaryl/α,β-unsaturated/α-hetero) is 1. The van der Waals surface area contributed by atoms with E-state index in [1.165, 1.54) is 0 Å². The van der Waals surface area contributed by atoms with Crippen molar-refractivity contribution in [1.29, 1.82) is 0 Å². The lowest BCUT2D eigenvalue weighted by atomic mass is 9.91. The number of carbonyl (C=O) groups excluding carboxylic acids is 1. The molecule has 1 aliphatic rings. The smallest absolute Gasteiger partial charge is 0.184 e. The second-order valence-corrected chi connectivity index (χ2v) is 5.56. The van der Waals surface area contributed by atoms with Gasteiger partial charge in [-0.3, -0.25) is 14.8 Å². The summed E-state index contributed by atoms with van der Waals surface area (Å²) in [5, 5.41) is 2.22. The number of pyridine rings is 1. The Morgan fingerprint density at radius 1 is 1.00 bits per heavy atom. The first-order chi connectivity index (χ1) is 11.3. The number of aliphatic imine (C=N–C) groups is 1. The molecule has 2 heterocycles. The first kappa shape index (κ1) is 13.8. The molecule has 0 spiro atoms. The third-order valence-corrected chi connectivity index (χ3v) is 4.22. The molecule has 0 unspecified atom stereocenters. The molecule has 3 aromatic rings. The monoisotopic (exact) mass is 301 g/mol. The average molecular weight is 301 g/mol. The van der Waals surface area contributed by atoms with Crippen LogP contribution in [0.5, 0.6) is 0 Å². The Morgan fingerprint density at radius 2 is 1.87 bits per heavy atom. The Labute approximate surface area is 133 Å². The number of ketones is 1. The molecule has 4 heteroatoms. The van der Waals surface area contributed by atoms with E-state index < -0.39 is 0 Å². The van der Waals surface area contributed by atoms with Crippen molar-refractivity contribution < 1.29 is 4.79 Å². The number of nitrogens with zero attached hydrogens (tertiary/aromatic N) is 2. The van der Waals surface area contributed by atoms with Gasteiger partial charge in [-0.1, -0.05) is 36.4 Å².